The Balaban J connectivity index is 1.47. The number of hydrogen-bond donors (Lipinski definition) is 3. The summed E-state index contributed by atoms with van der Waals surface area (Å²) in [6.45, 7) is 20.8. The SMILES string of the molecule is C=C/C1=C\C=C(C(CCCOC(=O)Nc2cc(C(C)(C)C)cc(C(C)(C)C)c2)NC(=O)NC)COCc2cccc(n2)COCc2ccc(cc2)COCCOCCOC1. The van der Waals surface area contributed by atoms with Gasteiger partial charge in [0.05, 0.1) is 90.1 Å². The topological polar surface area (TPSA) is 138 Å². The molecular formula is C48H66N4O8. The van der Waals surface area contributed by atoms with Gasteiger partial charge in [-0.05, 0) is 81.3 Å². The molecule has 2 aliphatic heterocycles. The third-order valence-corrected chi connectivity index (χ3v) is 9.74. The van der Waals surface area contributed by atoms with E-state index in [-0.39, 0.29) is 36.7 Å². The van der Waals surface area contributed by atoms with Gasteiger partial charge >= 0.3 is 12.1 Å². The number of ether oxygens (including phenoxy) is 6. The van der Waals surface area contributed by atoms with Crippen LogP contribution in [0.25, 0.3) is 0 Å². The predicted molar refractivity (Wildman–Crippen MR) is 236 cm³/mol. The lowest BCUT2D eigenvalue weighted by atomic mass is 9.80. The van der Waals surface area contributed by atoms with Gasteiger partial charge in [-0.15, -0.1) is 0 Å². The highest BCUT2D eigenvalue weighted by atomic mass is 16.6. The molecular weight excluding hydrogens is 761 g/mol. The lowest BCUT2D eigenvalue weighted by Gasteiger charge is -2.26. The second kappa shape index (κ2) is 24.4. The molecule has 1 aromatic heterocycles. The zero-order valence-electron chi connectivity index (χ0n) is 36.7. The molecule has 5 rings (SSSR count). The number of benzene rings is 2. The van der Waals surface area contributed by atoms with Crippen LogP contribution in [-0.2, 0) is 65.7 Å². The van der Waals surface area contributed by atoms with Gasteiger partial charge in [-0.2, -0.15) is 0 Å². The lowest BCUT2D eigenvalue weighted by molar-refractivity contribution is 0.0145. The van der Waals surface area contributed by atoms with Crippen molar-refractivity contribution in [1.82, 2.24) is 15.6 Å². The van der Waals surface area contributed by atoms with Crippen LogP contribution in [0.2, 0.25) is 0 Å². The molecule has 0 fully saturated rings. The van der Waals surface area contributed by atoms with Crippen LogP contribution in [0.3, 0.4) is 0 Å². The van der Waals surface area contributed by atoms with Gasteiger partial charge in [0.25, 0.3) is 0 Å². The van der Waals surface area contributed by atoms with Gasteiger partial charge in [0.1, 0.15) is 0 Å². The lowest BCUT2D eigenvalue weighted by Crippen LogP contribution is -2.42. The first-order valence-corrected chi connectivity index (χ1v) is 20.7. The number of nitrogens with zero attached hydrogens (tertiary/aromatic N) is 1. The molecule has 1 unspecified atom stereocenters. The van der Waals surface area contributed by atoms with Crippen LogP contribution >= 0.6 is 0 Å². The Labute approximate surface area is 357 Å². The van der Waals surface area contributed by atoms with Crippen LogP contribution in [0.4, 0.5) is 15.3 Å². The predicted octanol–water partition coefficient (Wildman–Crippen LogP) is 8.84. The van der Waals surface area contributed by atoms with Crippen molar-refractivity contribution in [3.05, 3.63) is 130 Å². The maximum atomic E-state index is 13.0. The first-order chi connectivity index (χ1) is 28.7. The van der Waals surface area contributed by atoms with Gasteiger partial charge in [0.15, 0.2) is 0 Å². The van der Waals surface area contributed by atoms with E-state index in [9.17, 15) is 9.59 Å². The highest BCUT2D eigenvalue weighted by molar-refractivity contribution is 5.85. The standard InChI is InChI=1S/C48H66N4O8/c1-9-35-19-20-38(44(52-45(53)49-8)14-11-21-60-46(54)51-43-27-39(47(2,3)4)26-40(28-43)48(5,6)7)32-59-34-42-13-10-12-41(50-42)33-58-31-37-17-15-36(16-18-37)30-57-25-23-55-22-24-56-29-35/h9-10,12-13,15-20,26-28,44H,1,11,14,21-25,29-34H2,2-8H3,(H,51,54)(H2,49,52,53)/b35-19+,38-20?. The molecule has 4 bridgehead atoms. The number of rotatable bonds is 8. The van der Waals surface area contributed by atoms with Crippen molar-refractivity contribution in [3.8, 4) is 0 Å². The molecule has 12 heteroatoms. The van der Waals surface area contributed by atoms with Crippen molar-refractivity contribution < 1.29 is 38.0 Å². The summed E-state index contributed by atoms with van der Waals surface area (Å²) >= 11 is 0. The van der Waals surface area contributed by atoms with Crippen LogP contribution in [0.5, 0.6) is 0 Å². The number of nitrogens with one attached hydrogen (secondary N) is 3. The zero-order valence-corrected chi connectivity index (χ0v) is 36.7. The van der Waals surface area contributed by atoms with E-state index in [4.69, 9.17) is 33.4 Å². The van der Waals surface area contributed by atoms with Gasteiger partial charge in [-0.3, -0.25) is 10.3 Å². The van der Waals surface area contributed by atoms with E-state index < -0.39 is 12.1 Å². The molecule has 0 spiro atoms. The second-order valence-electron chi connectivity index (χ2n) is 16.8. The molecule has 12 nitrogen and oxygen atoms in total. The van der Waals surface area contributed by atoms with Crippen molar-refractivity contribution in [3.63, 3.8) is 0 Å². The molecule has 0 radical (unpaired) electrons. The van der Waals surface area contributed by atoms with Crippen LogP contribution in [0.15, 0.2) is 96.6 Å². The molecule has 3 heterocycles. The largest absolute Gasteiger partial charge is 0.449 e. The normalized spacial score (nSPS) is 17.0. The summed E-state index contributed by atoms with van der Waals surface area (Å²) in [7, 11) is 1.57. The summed E-state index contributed by atoms with van der Waals surface area (Å²) in [6, 6.07) is 19.3. The Morgan fingerprint density at radius 2 is 1.32 bits per heavy atom. The highest BCUT2D eigenvalue weighted by Crippen LogP contribution is 2.32. The first kappa shape index (κ1) is 47.8. The highest BCUT2D eigenvalue weighted by Gasteiger charge is 2.22. The van der Waals surface area contributed by atoms with E-state index in [1.165, 1.54) is 0 Å². The molecule has 0 aliphatic carbocycles. The van der Waals surface area contributed by atoms with E-state index in [0.29, 0.717) is 71.4 Å². The summed E-state index contributed by atoms with van der Waals surface area (Å²) < 4.78 is 35.3. The number of carbonyl (C=O) groups excluding carboxylic acids is 2. The Hall–Kier alpha value is -4.85. The molecule has 3 aromatic rings. The van der Waals surface area contributed by atoms with Crippen LogP contribution in [0.1, 0.15) is 88.0 Å². The average molecular weight is 827 g/mol. The fraction of sp³-hybridized carbons (Fsp3) is 0.479. The number of allylic oxidation sites excluding steroid dienone is 2. The Kier molecular flexibility index (Phi) is 19.5. The zero-order chi connectivity index (χ0) is 43.4. The van der Waals surface area contributed by atoms with E-state index in [0.717, 1.165) is 44.8 Å². The Morgan fingerprint density at radius 1 is 0.750 bits per heavy atom. The van der Waals surface area contributed by atoms with Crippen molar-refractivity contribution in [1.29, 1.82) is 0 Å². The maximum absolute atomic E-state index is 13.0. The van der Waals surface area contributed by atoms with Gasteiger partial charge in [0.2, 0.25) is 0 Å². The number of aromatic nitrogens is 1. The van der Waals surface area contributed by atoms with E-state index in [2.05, 4.69) is 70.1 Å². The van der Waals surface area contributed by atoms with Gasteiger partial charge in [0, 0.05) is 12.7 Å². The molecule has 0 saturated carbocycles. The maximum Gasteiger partial charge on any atom is 0.411 e. The molecule has 2 aromatic carbocycles. The number of anilines is 1. The fourth-order valence-electron chi connectivity index (χ4n) is 6.09. The fourth-order valence-corrected chi connectivity index (χ4v) is 6.09. The van der Waals surface area contributed by atoms with Crippen LogP contribution in [0, 0.1) is 0 Å². The van der Waals surface area contributed by atoms with Crippen LogP contribution in [-0.4, -0.2) is 76.4 Å². The average Bonchev–Trinajstić information content (AvgIpc) is 3.21. The van der Waals surface area contributed by atoms with Gasteiger partial charge in [-0.25, -0.2) is 9.59 Å². The van der Waals surface area contributed by atoms with Gasteiger partial charge in [-0.1, -0.05) is 103 Å². The van der Waals surface area contributed by atoms with Crippen molar-refractivity contribution in [2.24, 2.45) is 0 Å². The number of fused-ring (bicyclic) bond motifs is 17. The minimum absolute atomic E-state index is 0.101. The number of pyridine rings is 1. The van der Waals surface area contributed by atoms with Crippen LogP contribution < -0.4 is 16.0 Å². The quantitative estimate of drug-likeness (QED) is 0.150. The minimum atomic E-state index is -0.541. The van der Waals surface area contributed by atoms with E-state index in [1.807, 2.05) is 66.7 Å². The summed E-state index contributed by atoms with van der Waals surface area (Å²) in [6.07, 6.45) is 5.96. The number of hydrogen-bond acceptors (Lipinski definition) is 9. The Morgan fingerprint density at radius 3 is 1.90 bits per heavy atom. The minimum Gasteiger partial charge on any atom is -0.449 e. The smallest absolute Gasteiger partial charge is 0.411 e. The summed E-state index contributed by atoms with van der Waals surface area (Å²) in [5.41, 5.74) is 8.04. The summed E-state index contributed by atoms with van der Waals surface area (Å²) in [5, 5.41) is 8.64. The molecule has 1 atom stereocenters. The van der Waals surface area contributed by atoms with Crippen molar-refractivity contribution >= 4 is 17.8 Å². The molecule has 2 aliphatic rings. The molecule has 60 heavy (non-hydrogen) atoms. The molecule has 326 valence electrons. The van der Waals surface area contributed by atoms with Gasteiger partial charge < -0.3 is 39.1 Å². The first-order valence-electron chi connectivity index (χ1n) is 20.7. The van der Waals surface area contributed by atoms with Crippen molar-refractivity contribution in [2.45, 2.75) is 97.7 Å². The number of amides is 3. The number of urea groups is 1. The number of carbonyl (C=O) groups is 2. The second-order valence-corrected chi connectivity index (χ2v) is 16.8. The van der Waals surface area contributed by atoms with E-state index >= 15 is 0 Å². The molecule has 3 N–H and O–H groups in total. The monoisotopic (exact) mass is 826 g/mol. The Bertz CT molecular complexity index is 1850. The van der Waals surface area contributed by atoms with Crippen molar-refractivity contribution in [2.75, 3.05) is 58.6 Å². The van der Waals surface area contributed by atoms with E-state index in [1.54, 1.807) is 13.1 Å². The third kappa shape index (κ3) is 17.4. The molecule has 0 saturated heterocycles. The third-order valence-electron chi connectivity index (χ3n) is 9.74. The molecule has 3 amide bonds. The summed E-state index contributed by atoms with van der Waals surface area (Å²) in [4.78, 5) is 30.6. The summed E-state index contributed by atoms with van der Waals surface area (Å²) in [5.74, 6) is 0.